The predicted octanol–water partition coefficient (Wildman–Crippen LogP) is 7.01. The first-order chi connectivity index (χ1) is 14.8. The Balaban J connectivity index is 2.00. The fraction of sp³-hybridized carbons (Fsp3) is 0.667. The Labute approximate surface area is 186 Å². The highest BCUT2D eigenvalue weighted by atomic mass is 16.2. The highest BCUT2D eigenvalue weighted by molar-refractivity contribution is 5.76. The van der Waals surface area contributed by atoms with Gasteiger partial charge in [-0.25, -0.2) is 0 Å². The molecule has 3 nitrogen and oxygen atoms in total. The van der Waals surface area contributed by atoms with E-state index in [1.165, 1.54) is 76.2 Å². The van der Waals surface area contributed by atoms with Gasteiger partial charge < -0.3 is 10.6 Å². The Morgan fingerprint density at radius 2 is 1.40 bits per heavy atom. The SMILES string of the molecule is CCCCCCCC/C=C\CCCCCCCC(=O)N(CCN)Cc1ccccc1. The summed E-state index contributed by atoms with van der Waals surface area (Å²) in [6, 6.07) is 10.2. The number of benzene rings is 1. The molecule has 1 amide bonds. The number of hydrogen-bond acceptors (Lipinski definition) is 2. The maximum absolute atomic E-state index is 12.5. The molecule has 170 valence electrons. The quantitative estimate of drug-likeness (QED) is 0.195. The van der Waals surface area contributed by atoms with Crippen molar-refractivity contribution in [1.82, 2.24) is 4.90 Å². The molecule has 1 aromatic carbocycles. The molecule has 3 heteroatoms. The van der Waals surface area contributed by atoms with E-state index in [-0.39, 0.29) is 5.91 Å². The average Bonchev–Trinajstić information content (AvgIpc) is 2.76. The predicted molar refractivity (Wildman–Crippen MR) is 130 cm³/mol. The maximum atomic E-state index is 12.5. The number of carbonyl (C=O) groups excluding carboxylic acids is 1. The first-order valence-corrected chi connectivity index (χ1v) is 12.4. The summed E-state index contributed by atoms with van der Waals surface area (Å²) in [5.74, 6) is 0.238. The zero-order chi connectivity index (χ0) is 21.7. The summed E-state index contributed by atoms with van der Waals surface area (Å²) in [6.45, 7) is 4.10. The molecular formula is C27H46N2O. The van der Waals surface area contributed by atoms with Crippen LogP contribution in [-0.2, 0) is 11.3 Å². The van der Waals surface area contributed by atoms with Gasteiger partial charge in [0.2, 0.25) is 5.91 Å². The molecule has 1 rings (SSSR count). The minimum Gasteiger partial charge on any atom is -0.337 e. The van der Waals surface area contributed by atoms with E-state index >= 15 is 0 Å². The molecule has 0 saturated heterocycles. The van der Waals surface area contributed by atoms with E-state index in [1.54, 1.807) is 0 Å². The van der Waals surface area contributed by atoms with Crippen LogP contribution in [0.15, 0.2) is 42.5 Å². The van der Waals surface area contributed by atoms with E-state index in [1.807, 2.05) is 23.1 Å². The Bertz CT molecular complexity index is 541. The number of nitrogens with zero attached hydrogens (tertiary/aromatic N) is 1. The fourth-order valence-corrected chi connectivity index (χ4v) is 3.76. The van der Waals surface area contributed by atoms with E-state index in [2.05, 4.69) is 31.2 Å². The third kappa shape index (κ3) is 14.4. The number of unbranched alkanes of at least 4 members (excludes halogenated alkanes) is 11. The van der Waals surface area contributed by atoms with Crippen molar-refractivity contribution < 1.29 is 4.79 Å². The van der Waals surface area contributed by atoms with Crippen molar-refractivity contribution in [3.05, 3.63) is 48.0 Å². The Hall–Kier alpha value is -1.61. The maximum Gasteiger partial charge on any atom is 0.222 e. The van der Waals surface area contributed by atoms with Gasteiger partial charge in [0.15, 0.2) is 0 Å². The van der Waals surface area contributed by atoms with Crippen LogP contribution in [0.5, 0.6) is 0 Å². The lowest BCUT2D eigenvalue weighted by Gasteiger charge is -2.22. The third-order valence-corrected chi connectivity index (χ3v) is 5.62. The van der Waals surface area contributed by atoms with Crippen molar-refractivity contribution in [2.75, 3.05) is 13.1 Å². The third-order valence-electron chi connectivity index (χ3n) is 5.62. The van der Waals surface area contributed by atoms with Gasteiger partial charge >= 0.3 is 0 Å². The van der Waals surface area contributed by atoms with Crippen molar-refractivity contribution in [1.29, 1.82) is 0 Å². The number of allylic oxidation sites excluding steroid dienone is 2. The lowest BCUT2D eigenvalue weighted by atomic mass is 10.1. The summed E-state index contributed by atoms with van der Waals surface area (Å²) >= 11 is 0. The van der Waals surface area contributed by atoms with Crippen molar-refractivity contribution in [3.63, 3.8) is 0 Å². The summed E-state index contributed by atoms with van der Waals surface area (Å²) in [5, 5.41) is 0. The largest absolute Gasteiger partial charge is 0.337 e. The summed E-state index contributed by atoms with van der Waals surface area (Å²) in [6.07, 6.45) is 22.0. The van der Waals surface area contributed by atoms with Crippen LogP contribution in [0, 0.1) is 0 Å². The van der Waals surface area contributed by atoms with E-state index in [9.17, 15) is 4.79 Å². The number of nitrogens with two attached hydrogens (primary N) is 1. The number of amides is 1. The molecule has 0 saturated carbocycles. The van der Waals surface area contributed by atoms with Crippen LogP contribution in [-0.4, -0.2) is 23.9 Å². The van der Waals surface area contributed by atoms with Gasteiger partial charge in [-0.2, -0.15) is 0 Å². The lowest BCUT2D eigenvalue weighted by molar-refractivity contribution is -0.131. The minimum atomic E-state index is 0.238. The van der Waals surface area contributed by atoms with Gasteiger partial charge in [-0.3, -0.25) is 4.79 Å². The molecular weight excluding hydrogens is 368 g/mol. The number of hydrogen-bond donors (Lipinski definition) is 1. The summed E-state index contributed by atoms with van der Waals surface area (Å²) < 4.78 is 0. The van der Waals surface area contributed by atoms with Crippen LogP contribution in [0.2, 0.25) is 0 Å². The zero-order valence-electron chi connectivity index (χ0n) is 19.5. The summed E-state index contributed by atoms with van der Waals surface area (Å²) in [7, 11) is 0. The first-order valence-electron chi connectivity index (χ1n) is 12.4. The van der Waals surface area contributed by atoms with Gasteiger partial charge in [0, 0.05) is 26.1 Å². The van der Waals surface area contributed by atoms with Crippen molar-refractivity contribution >= 4 is 5.91 Å². The second-order valence-corrected chi connectivity index (χ2v) is 8.42. The molecule has 0 fully saturated rings. The van der Waals surface area contributed by atoms with Crippen molar-refractivity contribution in [2.45, 2.75) is 103 Å². The zero-order valence-corrected chi connectivity index (χ0v) is 19.5. The molecule has 0 aliphatic rings. The second kappa shape index (κ2) is 19.4. The Morgan fingerprint density at radius 3 is 2.00 bits per heavy atom. The van der Waals surface area contributed by atoms with Gasteiger partial charge in [-0.05, 0) is 37.7 Å². The number of carbonyl (C=O) groups is 1. The second-order valence-electron chi connectivity index (χ2n) is 8.42. The van der Waals surface area contributed by atoms with Crippen LogP contribution in [0.3, 0.4) is 0 Å². The average molecular weight is 415 g/mol. The van der Waals surface area contributed by atoms with Crippen LogP contribution in [0.1, 0.15) is 102 Å². The van der Waals surface area contributed by atoms with Gasteiger partial charge in [-0.15, -0.1) is 0 Å². The minimum absolute atomic E-state index is 0.238. The van der Waals surface area contributed by atoms with Crippen LogP contribution < -0.4 is 5.73 Å². The van der Waals surface area contributed by atoms with Crippen molar-refractivity contribution in [3.8, 4) is 0 Å². The molecule has 0 radical (unpaired) electrons. The standard InChI is InChI=1S/C27H46N2O/c1-2-3-4-5-6-7-8-9-10-11-12-13-14-15-19-22-27(30)29(24-23-28)25-26-20-17-16-18-21-26/h9-10,16-18,20-21H,2-8,11-15,19,22-25,28H2,1H3/b10-9-. The van der Waals surface area contributed by atoms with Crippen LogP contribution in [0.4, 0.5) is 0 Å². The molecule has 0 aliphatic heterocycles. The molecule has 0 spiro atoms. The van der Waals surface area contributed by atoms with Crippen molar-refractivity contribution in [2.24, 2.45) is 5.73 Å². The lowest BCUT2D eigenvalue weighted by Crippen LogP contribution is -2.34. The highest BCUT2D eigenvalue weighted by Crippen LogP contribution is 2.12. The highest BCUT2D eigenvalue weighted by Gasteiger charge is 2.12. The number of rotatable bonds is 19. The monoisotopic (exact) mass is 414 g/mol. The van der Waals surface area contributed by atoms with Gasteiger partial charge in [-0.1, -0.05) is 101 Å². The molecule has 0 atom stereocenters. The van der Waals surface area contributed by atoms with E-state index in [0.717, 1.165) is 12.8 Å². The molecule has 0 heterocycles. The molecule has 0 unspecified atom stereocenters. The molecule has 0 bridgehead atoms. The van der Waals surface area contributed by atoms with E-state index in [0.29, 0.717) is 26.1 Å². The first kappa shape index (κ1) is 26.4. The smallest absolute Gasteiger partial charge is 0.222 e. The van der Waals surface area contributed by atoms with Gasteiger partial charge in [0.05, 0.1) is 0 Å². The van der Waals surface area contributed by atoms with E-state index in [4.69, 9.17) is 5.73 Å². The van der Waals surface area contributed by atoms with Crippen LogP contribution in [0.25, 0.3) is 0 Å². The van der Waals surface area contributed by atoms with E-state index < -0.39 is 0 Å². The van der Waals surface area contributed by atoms with Gasteiger partial charge in [0.25, 0.3) is 0 Å². The van der Waals surface area contributed by atoms with Crippen LogP contribution >= 0.6 is 0 Å². The molecule has 30 heavy (non-hydrogen) atoms. The molecule has 1 aromatic rings. The molecule has 0 aromatic heterocycles. The summed E-state index contributed by atoms with van der Waals surface area (Å²) in [4.78, 5) is 14.4. The molecule has 2 N–H and O–H groups in total. The van der Waals surface area contributed by atoms with Gasteiger partial charge in [0.1, 0.15) is 0 Å². The topological polar surface area (TPSA) is 46.3 Å². The Morgan fingerprint density at radius 1 is 0.833 bits per heavy atom. The summed E-state index contributed by atoms with van der Waals surface area (Å²) in [5.41, 5.74) is 6.88. The normalized spacial score (nSPS) is 11.3. The molecule has 0 aliphatic carbocycles. The fourth-order valence-electron chi connectivity index (χ4n) is 3.76. The Kier molecular flexibility index (Phi) is 17.1.